The van der Waals surface area contributed by atoms with Gasteiger partial charge in [-0.1, -0.05) is 54.6 Å². The summed E-state index contributed by atoms with van der Waals surface area (Å²) in [5.41, 5.74) is 6.35. The maximum atomic E-state index is 14.0. The van der Waals surface area contributed by atoms with Crippen LogP contribution in [0.5, 0.6) is 5.75 Å². The van der Waals surface area contributed by atoms with Crippen LogP contribution in [0.25, 0.3) is 10.9 Å². The van der Waals surface area contributed by atoms with E-state index in [9.17, 15) is 4.79 Å². The van der Waals surface area contributed by atoms with Crippen molar-refractivity contribution in [1.82, 2.24) is 9.47 Å². The summed E-state index contributed by atoms with van der Waals surface area (Å²) in [5, 5.41) is 0.950. The number of hydrogen-bond donors (Lipinski definition) is 0. The summed E-state index contributed by atoms with van der Waals surface area (Å²) in [4.78, 5) is 16.0. The standard InChI is InChI=1S/C30H30N2O3/c1-21-28(25-18-24(34-2)12-13-27(25)32(21)19-22-8-4-3-5-9-22)29(33)31-16-14-30(15-17-31)26-11-7-6-10-23(26)20-35-30/h3-13,18H,14-17,19-20H2,1-2H3. The van der Waals surface area contributed by atoms with Crippen LogP contribution in [0, 0.1) is 6.92 Å². The minimum absolute atomic E-state index is 0.0914. The Morgan fingerprint density at radius 2 is 1.74 bits per heavy atom. The van der Waals surface area contributed by atoms with Gasteiger partial charge in [-0.25, -0.2) is 0 Å². The number of fused-ring (bicyclic) bond motifs is 3. The molecule has 3 aromatic carbocycles. The second-order valence-electron chi connectivity index (χ2n) is 9.65. The maximum absolute atomic E-state index is 14.0. The molecular weight excluding hydrogens is 436 g/mol. The molecule has 0 aliphatic carbocycles. The topological polar surface area (TPSA) is 43.7 Å². The summed E-state index contributed by atoms with van der Waals surface area (Å²) < 4.78 is 14.1. The van der Waals surface area contributed by atoms with Gasteiger partial charge in [0.15, 0.2) is 0 Å². The van der Waals surface area contributed by atoms with Crippen molar-refractivity contribution in [2.24, 2.45) is 0 Å². The van der Waals surface area contributed by atoms with Crippen LogP contribution in [-0.2, 0) is 23.5 Å². The number of benzene rings is 3. The van der Waals surface area contributed by atoms with Crippen molar-refractivity contribution in [3.8, 4) is 5.75 Å². The number of aromatic nitrogens is 1. The Hall–Kier alpha value is -3.57. The lowest BCUT2D eigenvalue weighted by molar-refractivity contribution is -0.0741. The average Bonchev–Trinajstić information content (AvgIpc) is 3.39. The van der Waals surface area contributed by atoms with Crippen LogP contribution in [0.2, 0.25) is 0 Å². The van der Waals surface area contributed by atoms with Crippen LogP contribution in [0.1, 0.15) is 45.6 Å². The van der Waals surface area contributed by atoms with Crippen molar-refractivity contribution >= 4 is 16.8 Å². The fourth-order valence-electron chi connectivity index (χ4n) is 5.86. The molecule has 4 aromatic rings. The first-order valence-corrected chi connectivity index (χ1v) is 12.3. The molecule has 2 aliphatic rings. The minimum Gasteiger partial charge on any atom is -0.497 e. The smallest absolute Gasteiger partial charge is 0.256 e. The van der Waals surface area contributed by atoms with Crippen molar-refractivity contribution in [3.63, 3.8) is 0 Å². The Morgan fingerprint density at radius 1 is 1.00 bits per heavy atom. The third-order valence-corrected chi connectivity index (χ3v) is 7.80. The number of amides is 1. The summed E-state index contributed by atoms with van der Waals surface area (Å²) in [6.07, 6.45) is 1.64. The van der Waals surface area contributed by atoms with Gasteiger partial charge in [0.1, 0.15) is 5.75 Å². The van der Waals surface area contributed by atoms with Gasteiger partial charge in [0.05, 0.1) is 24.9 Å². The van der Waals surface area contributed by atoms with E-state index in [1.54, 1.807) is 7.11 Å². The summed E-state index contributed by atoms with van der Waals surface area (Å²) in [7, 11) is 1.67. The molecule has 5 nitrogen and oxygen atoms in total. The molecule has 0 N–H and O–H groups in total. The Balaban J connectivity index is 1.33. The van der Waals surface area contributed by atoms with Gasteiger partial charge in [0.25, 0.3) is 5.91 Å². The number of likely N-dealkylation sites (tertiary alicyclic amines) is 1. The van der Waals surface area contributed by atoms with Gasteiger partial charge in [-0.05, 0) is 54.7 Å². The predicted molar refractivity (Wildman–Crippen MR) is 137 cm³/mol. The normalized spacial score (nSPS) is 16.6. The lowest BCUT2D eigenvalue weighted by Gasteiger charge is -2.39. The first-order valence-electron chi connectivity index (χ1n) is 12.3. The van der Waals surface area contributed by atoms with E-state index in [0.717, 1.165) is 47.3 Å². The van der Waals surface area contributed by atoms with Crippen molar-refractivity contribution in [1.29, 1.82) is 0 Å². The number of rotatable bonds is 4. The van der Waals surface area contributed by atoms with Gasteiger partial charge in [-0.3, -0.25) is 4.79 Å². The van der Waals surface area contributed by atoms with Gasteiger partial charge in [0, 0.05) is 36.2 Å². The van der Waals surface area contributed by atoms with E-state index in [1.165, 1.54) is 16.7 Å². The van der Waals surface area contributed by atoms with Crippen molar-refractivity contribution in [2.75, 3.05) is 20.2 Å². The molecule has 6 rings (SSSR count). The second kappa shape index (κ2) is 8.58. The average molecular weight is 467 g/mol. The minimum atomic E-state index is -0.257. The molecule has 5 heteroatoms. The van der Waals surface area contributed by atoms with Gasteiger partial charge < -0.3 is 18.9 Å². The number of carbonyl (C=O) groups is 1. The predicted octanol–water partition coefficient (Wildman–Crippen LogP) is 5.67. The number of ether oxygens (including phenoxy) is 2. The van der Waals surface area contributed by atoms with Crippen LogP contribution < -0.4 is 4.74 Å². The molecule has 1 amide bonds. The van der Waals surface area contributed by atoms with E-state index in [-0.39, 0.29) is 11.5 Å². The van der Waals surface area contributed by atoms with Crippen LogP contribution in [0.3, 0.4) is 0 Å². The van der Waals surface area contributed by atoms with Gasteiger partial charge >= 0.3 is 0 Å². The van der Waals surface area contributed by atoms with Crippen LogP contribution in [0.4, 0.5) is 0 Å². The number of methoxy groups -OCH3 is 1. The Bertz CT molecular complexity index is 1400. The molecule has 1 aromatic heterocycles. The van der Waals surface area contributed by atoms with Crippen LogP contribution in [0.15, 0.2) is 72.8 Å². The van der Waals surface area contributed by atoms with Crippen LogP contribution >= 0.6 is 0 Å². The van der Waals surface area contributed by atoms with E-state index in [1.807, 2.05) is 23.1 Å². The van der Waals surface area contributed by atoms with Crippen LogP contribution in [-0.4, -0.2) is 35.6 Å². The van der Waals surface area contributed by atoms with Crippen molar-refractivity contribution in [2.45, 2.75) is 38.5 Å². The molecule has 2 aliphatic heterocycles. The Morgan fingerprint density at radius 3 is 2.51 bits per heavy atom. The van der Waals surface area contributed by atoms with Crippen molar-refractivity contribution in [3.05, 3.63) is 101 Å². The lowest BCUT2D eigenvalue weighted by atomic mass is 9.83. The lowest BCUT2D eigenvalue weighted by Crippen LogP contribution is -2.45. The number of carbonyl (C=O) groups excluding carboxylic acids is 1. The summed E-state index contributed by atoms with van der Waals surface area (Å²) in [6, 6.07) is 24.9. The van der Waals surface area contributed by atoms with E-state index in [2.05, 4.69) is 66.1 Å². The van der Waals surface area contributed by atoms with Gasteiger partial charge in [-0.2, -0.15) is 0 Å². The first-order chi connectivity index (χ1) is 17.1. The third-order valence-electron chi connectivity index (χ3n) is 7.80. The molecule has 0 atom stereocenters. The van der Waals surface area contributed by atoms with Gasteiger partial charge in [0.2, 0.25) is 0 Å². The van der Waals surface area contributed by atoms with E-state index >= 15 is 0 Å². The highest BCUT2D eigenvalue weighted by atomic mass is 16.5. The number of nitrogens with zero attached hydrogens (tertiary/aromatic N) is 2. The molecule has 1 fully saturated rings. The zero-order valence-electron chi connectivity index (χ0n) is 20.3. The monoisotopic (exact) mass is 466 g/mol. The maximum Gasteiger partial charge on any atom is 0.256 e. The Labute approximate surface area is 205 Å². The largest absolute Gasteiger partial charge is 0.497 e. The molecule has 0 saturated carbocycles. The molecule has 3 heterocycles. The molecule has 0 radical (unpaired) electrons. The van der Waals surface area contributed by atoms with Gasteiger partial charge in [-0.15, -0.1) is 0 Å². The molecule has 0 unspecified atom stereocenters. The third kappa shape index (κ3) is 3.62. The highest BCUT2D eigenvalue weighted by Crippen LogP contribution is 2.44. The molecule has 35 heavy (non-hydrogen) atoms. The molecule has 1 spiro atoms. The fraction of sp³-hybridized carbons (Fsp3) is 0.300. The molecule has 0 bridgehead atoms. The first kappa shape index (κ1) is 21.9. The van der Waals surface area contributed by atoms with E-state index in [0.29, 0.717) is 19.7 Å². The Kier molecular flexibility index (Phi) is 5.37. The highest BCUT2D eigenvalue weighted by molar-refractivity contribution is 6.09. The highest BCUT2D eigenvalue weighted by Gasteiger charge is 2.43. The zero-order chi connectivity index (χ0) is 24.0. The summed E-state index contributed by atoms with van der Waals surface area (Å²) >= 11 is 0. The summed E-state index contributed by atoms with van der Waals surface area (Å²) in [5.74, 6) is 0.852. The summed E-state index contributed by atoms with van der Waals surface area (Å²) in [6.45, 7) is 4.81. The SMILES string of the molecule is COc1ccc2c(c1)c(C(=O)N1CCC3(CC1)OCc1ccccc13)c(C)n2Cc1ccccc1. The molecule has 1 saturated heterocycles. The molecule has 178 valence electrons. The van der Waals surface area contributed by atoms with E-state index in [4.69, 9.17) is 9.47 Å². The van der Waals surface area contributed by atoms with E-state index < -0.39 is 0 Å². The number of piperidine rings is 1. The second-order valence-corrected chi connectivity index (χ2v) is 9.65. The number of hydrogen-bond acceptors (Lipinski definition) is 3. The fourth-order valence-corrected chi connectivity index (χ4v) is 5.86. The quantitative estimate of drug-likeness (QED) is 0.389. The van der Waals surface area contributed by atoms with Crippen molar-refractivity contribution < 1.29 is 14.3 Å². The molecular formula is C30H30N2O3. The zero-order valence-corrected chi connectivity index (χ0v) is 20.3.